The highest BCUT2D eigenvalue weighted by Crippen LogP contribution is 2.40. The normalized spacial score (nSPS) is 12.4. The van der Waals surface area contributed by atoms with Gasteiger partial charge in [0, 0.05) is 4.90 Å². The third-order valence-electron chi connectivity index (χ3n) is 4.41. The molecule has 0 bridgehead atoms. The van der Waals surface area contributed by atoms with Gasteiger partial charge < -0.3 is 5.11 Å². The van der Waals surface area contributed by atoms with E-state index in [4.69, 9.17) is 0 Å². The number of rotatable bonds is 5. The van der Waals surface area contributed by atoms with E-state index in [1.54, 1.807) is 0 Å². The third kappa shape index (κ3) is 5.54. The molecule has 0 aliphatic heterocycles. The van der Waals surface area contributed by atoms with Crippen LogP contribution < -0.4 is 0 Å². The minimum Gasteiger partial charge on any atom is -0.507 e. The average molecular weight is 357 g/mol. The lowest BCUT2D eigenvalue weighted by Crippen LogP contribution is -2.18. The molecule has 0 atom stereocenters. The monoisotopic (exact) mass is 356 g/mol. The molecule has 0 radical (unpaired) electrons. The van der Waals surface area contributed by atoms with Crippen LogP contribution in [0.2, 0.25) is 0 Å². The van der Waals surface area contributed by atoms with Crippen LogP contribution in [0.4, 0.5) is 0 Å². The quantitative estimate of drug-likeness (QED) is 0.474. The second-order valence-corrected chi connectivity index (χ2v) is 9.97. The van der Waals surface area contributed by atoms with Crippen molar-refractivity contribution in [1.82, 2.24) is 0 Å². The van der Waals surface area contributed by atoms with E-state index in [9.17, 15) is 5.11 Å². The number of aromatic hydroxyl groups is 1. The Morgan fingerprint density at radius 2 is 1.36 bits per heavy atom. The Morgan fingerprint density at radius 1 is 0.840 bits per heavy atom. The summed E-state index contributed by atoms with van der Waals surface area (Å²) in [5.41, 5.74) is 3.34. The maximum atomic E-state index is 10.8. The molecular formula is C23H32OS. The molecule has 0 aromatic heterocycles. The number of phenols is 1. The molecule has 0 saturated heterocycles. The van der Waals surface area contributed by atoms with Gasteiger partial charge in [0.1, 0.15) is 5.75 Å². The fourth-order valence-electron chi connectivity index (χ4n) is 2.97. The number of phenolic OH excluding ortho intramolecular Hbond substituents is 1. The van der Waals surface area contributed by atoms with Crippen molar-refractivity contribution in [2.45, 2.75) is 70.1 Å². The van der Waals surface area contributed by atoms with Crippen molar-refractivity contribution >= 4 is 11.8 Å². The van der Waals surface area contributed by atoms with E-state index in [-0.39, 0.29) is 10.8 Å². The zero-order chi connectivity index (χ0) is 18.7. The van der Waals surface area contributed by atoms with Gasteiger partial charge in [0.15, 0.2) is 0 Å². The molecule has 0 fully saturated rings. The van der Waals surface area contributed by atoms with Crippen molar-refractivity contribution in [1.29, 1.82) is 0 Å². The van der Waals surface area contributed by atoms with E-state index in [1.807, 2.05) is 11.8 Å². The van der Waals surface area contributed by atoms with Crippen molar-refractivity contribution in [3.8, 4) is 5.75 Å². The van der Waals surface area contributed by atoms with E-state index in [1.165, 1.54) is 10.5 Å². The molecule has 0 amide bonds. The van der Waals surface area contributed by atoms with Crippen molar-refractivity contribution in [2.75, 3.05) is 5.75 Å². The Hall–Kier alpha value is -1.41. The van der Waals surface area contributed by atoms with Crippen LogP contribution in [0.1, 0.15) is 64.7 Å². The summed E-state index contributed by atoms with van der Waals surface area (Å²) in [5.74, 6) is 1.59. The topological polar surface area (TPSA) is 20.2 Å². The molecule has 2 aromatic carbocycles. The van der Waals surface area contributed by atoms with Crippen molar-refractivity contribution < 1.29 is 5.11 Å². The van der Waals surface area contributed by atoms with E-state index >= 15 is 0 Å². The van der Waals surface area contributed by atoms with Gasteiger partial charge in [-0.25, -0.2) is 0 Å². The van der Waals surface area contributed by atoms with Crippen molar-refractivity contribution in [3.63, 3.8) is 0 Å². The van der Waals surface area contributed by atoms with Crippen LogP contribution >= 0.6 is 11.8 Å². The highest BCUT2D eigenvalue weighted by Gasteiger charge is 2.26. The molecule has 0 aliphatic carbocycles. The fourth-order valence-corrected chi connectivity index (χ4v) is 3.84. The predicted octanol–water partition coefficient (Wildman–Crippen LogP) is 6.71. The van der Waals surface area contributed by atoms with Gasteiger partial charge in [-0.1, -0.05) is 71.9 Å². The van der Waals surface area contributed by atoms with E-state index in [0.717, 1.165) is 29.7 Å². The lowest BCUT2D eigenvalue weighted by Gasteiger charge is -2.28. The van der Waals surface area contributed by atoms with Gasteiger partial charge in [-0.3, -0.25) is 0 Å². The van der Waals surface area contributed by atoms with Gasteiger partial charge in [0.2, 0.25) is 0 Å². The zero-order valence-electron chi connectivity index (χ0n) is 16.5. The second-order valence-electron chi connectivity index (χ2n) is 8.80. The molecule has 2 aromatic rings. The lowest BCUT2D eigenvalue weighted by atomic mass is 9.78. The van der Waals surface area contributed by atoms with E-state index in [2.05, 4.69) is 84.0 Å². The molecule has 2 heteroatoms. The van der Waals surface area contributed by atoms with Gasteiger partial charge in [0.25, 0.3) is 0 Å². The summed E-state index contributed by atoms with van der Waals surface area (Å²) < 4.78 is 0. The molecular weight excluding hydrogens is 324 g/mol. The molecule has 2 rings (SSSR count). The van der Waals surface area contributed by atoms with Crippen molar-refractivity contribution in [2.24, 2.45) is 0 Å². The summed E-state index contributed by atoms with van der Waals surface area (Å²) in [7, 11) is 0. The van der Waals surface area contributed by atoms with E-state index < -0.39 is 0 Å². The standard InChI is InChI=1S/C23H32OS/c1-22(2,3)19-15-17(16-20(21(19)24)23(4,5)6)11-10-14-25-18-12-8-7-9-13-18/h7-9,12-13,15-16,24H,10-11,14H2,1-6H3. The molecule has 0 aliphatic rings. The van der Waals surface area contributed by atoms with Crippen LogP contribution in [0, 0.1) is 0 Å². The summed E-state index contributed by atoms with van der Waals surface area (Å²) in [5, 5.41) is 10.8. The number of benzene rings is 2. The van der Waals surface area contributed by atoms with Crippen LogP contribution in [-0.4, -0.2) is 10.9 Å². The Labute approximate surface area is 157 Å². The summed E-state index contributed by atoms with van der Waals surface area (Å²) in [6.45, 7) is 13.0. The first-order valence-corrected chi connectivity index (χ1v) is 10.1. The molecule has 25 heavy (non-hydrogen) atoms. The second kappa shape index (κ2) is 7.86. The minimum atomic E-state index is -0.0567. The van der Waals surface area contributed by atoms with Gasteiger partial charge in [0.05, 0.1) is 0 Å². The van der Waals surface area contributed by atoms with Crippen molar-refractivity contribution in [3.05, 3.63) is 59.2 Å². The zero-order valence-corrected chi connectivity index (χ0v) is 17.3. The van der Waals surface area contributed by atoms with Gasteiger partial charge in [-0.05, 0) is 58.2 Å². The fraction of sp³-hybridized carbons (Fsp3) is 0.478. The average Bonchev–Trinajstić information content (AvgIpc) is 2.51. The van der Waals surface area contributed by atoms with Crippen LogP contribution in [0.15, 0.2) is 47.4 Å². The summed E-state index contributed by atoms with van der Waals surface area (Å²) in [6, 6.07) is 15.0. The van der Waals surface area contributed by atoms with E-state index in [0.29, 0.717) is 5.75 Å². The Bertz CT molecular complexity index is 655. The minimum absolute atomic E-state index is 0.0567. The molecule has 136 valence electrons. The van der Waals surface area contributed by atoms with Gasteiger partial charge in [-0.15, -0.1) is 11.8 Å². The largest absolute Gasteiger partial charge is 0.507 e. The van der Waals surface area contributed by atoms with Crippen LogP contribution in [0.3, 0.4) is 0 Å². The Balaban J connectivity index is 2.14. The molecule has 0 saturated carbocycles. The third-order valence-corrected chi connectivity index (χ3v) is 5.51. The van der Waals surface area contributed by atoms with Crippen LogP contribution in [0.25, 0.3) is 0 Å². The predicted molar refractivity (Wildman–Crippen MR) is 111 cm³/mol. The number of hydrogen-bond acceptors (Lipinski definition) is 2. The highest BCUT2D eigenvalue weighted by atomic mass is 32.2. The lowest BCUT2D eigenvalue weighted by molar-refractivity contribution is 0.422. The maximum Gasteiger partial charge on any atom is 0.123 e. The SMILES string of the molecule is CC(C)(C)c1cc(CCCSc2ccccc2)cc(C(C)(C)C)c1O. The van der Waals surface area contributed by atoms with Gasteiger partial charge >= 0.3 is 0 Å². The maximum absolute atomic E-state index is 10.8. The van der Waals surface area contributed by atoms with Crippen LogP contribution in [0.5, 0.6) is 5.75 Å². The summed E-state index contributed by atoms with van der Waals surface area (Å²) >= 11 is 1.91. The molecule has 1 N–H and O–H groups in total. The molecule has 1 nitrogen and oxygen atoms in total. The summed E-state index contributed by atoms with van der Waals surface area (Å²) in [4.78, 5) is 1.33. The first kappa shape index (κ1) is 19.9. The number of hydrogen-bond donors (Lipinski definition) is 1. The number of aryl methyl sites for hydroxylation is 1. The molecule has 0 heterocycles. The first-order chi connectivity index (χ1) is 11.6. The molecule has 0 unspecified atom stereocenters. The smallest absolute Gasteiger partial charge is 0.123 e. The van der Waals surface area contributed by atoms with Gasteiger partial charge in [-0.2, -0.15) is 0 Å². The number of thioether (sulfide) groups is 1. The highest BCUT2D eigenvalue weighted by molar-refractivity contribution is 7.99. The molecule has 0 spiro atoms. The first-order valence-electron chi connectivity index (χ1n) is 9.14. The summed E-state index contributed by atoms with van der Waals surface area (Å²) in [6.07, 6.45) is 2.18. The van der Waals surface area contributed by atoms with Crippen LogP contribution in [-0.2, 0) is 17.3 Å². The Kier molecular flexibility index (Phi) is 6.26. The Morgan fingerprint density at radius 3 is 1.84 bits per heavy atom.